The minimum absolute atomic E-state index is 0.0848. The number of hydrogen-bond acceptors (Lipinski definition) is 7. The summed E-state index contributed by atoms with van der Waals surface area (Å²) in [6, 6.07) is 33.2. The van der Waals surface area contributed by atoms with Crippen molar-refractivity contribution in [1.82, 2.24) is 0 Å². The van der Waals surface area contributed by atoms with E-state index in [2.05, 4.69) is 88.4 Å². The van der Waals surface area contributed by atoms with Crippen LogP contribution in [0.4, 0.5) is 0 Å². The Morgan fingerprint density at radius 2 is 0.980 bits per heavy atom. The van der Waals surface area contributed by atoms with E-state index in [9.17, 15) is 5.11 Å². The predicted molar refractivity (Wildman–Crippen MR) is 198 cm³/mol. The second-order valence-corrected chi connectivity index (χ2v) is 14.1. The fraction of sp³-hybridized carbons (Fsp3) is 0.442. The SMILES string of the molecule is CC(C)(c1ccc(OCCC2CO2)cc1)c1ccc(OCC2CO2)cc1.CCC(O)CCOc1ccc(C(C)(C)c2ccc(OC)cc2)cc1. The predicted octanol–water partition coefficient (Wildman–Crippen LogP) is 8.52. The number of aliphatic hydroxyl groups excluding tert-OH is 1. The highest BCUT2D eigenvalue weighted by molar-refractivity contribution is 5.43. The van der Waals surface area contributed by atoms with Gasteiger partial charge in [0, 0.05) is 23.7 Å². The van der Waals surface area contributed by atoms with Crippen molar-refractivity contribution in [2.24, 2.45) is 0 Å². The summed E-state index contributed by atoms with van der Waals surface area (Å²) < 4.78 is 32.8. The third kappa shape index (κ3) is 10.7. The normalized spacial score (nSPS) is 17.2. The third-order valence-electron chi connectivity index (χ3n) is 9.68. The molecular formula is C43H54O7. The lowest BCUT2D eigenvalue weighted by atomic mass is 9.78. The van der Waals surface area contributed by atoms with Crippen LogP contribution in [0, 0.1) is 0 Å². The Bertz CT molecular complexity index is 1570. The fourth-order valence-electron chi connectivity index (χ4n) is 5.66. The zero-order valence-corrected chi connectivity index (χ0v) is 30.5. The van der Waals surface area contributed by atoms with Gasteiger partial charge in [-0.3, -0.25) is 0 Å². The summed E-state index contributed by atoms with van der Waals surface area (Å²) in [5, 5.41) is 9.56. The molecule has 0 amide bonds. The van der Waals surface area contributed by atoms with Gasteiger partial charge in [-0.2, -0.15) is 0 Å². The van der Waals surface area contributed by atoms with E-state index in [1.165, 1.54) is 22.3 Å². The fourth-order valence-corrected chi connectivity index (χ4v) is 5.66. The molecule has 7 heteroatoms. The van der Waals surface area contributed by atoms with Crippen molar-refractivity contribution in [3.8, 4) is 23.0 Å². The summed E-state index contributed by atoms with van der Waals surface area (Å²) in [5.74, 6) is 3.51. The van der Waals surface area contributed by atoms with Crippen LogP contribution in [0.5, 0.6) is 23.0 Å². The number of ether oxygens (including phenoxy) is 6. The van der Waals surface area contributed by atoms with Crippen molar-refractivity contribution >= 4 is 0 Å². The topological polar surface area (TPSA) is 82.2 Å². The number of epoxide rings is 2. The molecule has 0 aromatic heterocycles. The van der Waals surface area contributed by atoms with Crippen LogP contribution in [-0.4, -0.2) is 63.6 Å². The van der Waals surface area contributed by atoms with Crippen molar-refractivity contribution in [1.29, 1.82) is 0 Å². The lowest BCUT2D eigenvalue weighted by molar-refractivity contribution is 0.135. The van der Waals surface area contributed by atoms with Crippen molar-refractivity contribution in [3.63, 3.8) is 0 Å². The lowest BCUT2D eigenvalue weighted by Gasteiger charge is -2.26. The zero-order valence-electron chi connectivity index (χ0n) is 30.5. The molecule has 0 spiro atoms. The maximum Gasteiger partial charge on any atom is 0.119 e. The molecule has 2 aliphatic rings. The summed E-state index contributed by atoms with van der Waals surface area (Å²) in [5.41, 5.74) is 4.81. The minimum atomic E-state index is -0.279. The molecule has 2 heterocycles. The Labute approximate surface area is 298 Å². The molecule has 2 aliphatic heterocycles. The Hall–Kier alpha value is -4.04. The summed E-state index contributed by atoms with van der Waals surface area (Å²) in [6.07, 6.45) is 2.81. The Morgan fingerprint density at radius 3 is 1.36 bits per heavy atom. The van der Waals surface area contributed by atoms with E-state index in [0.717, 1.165) is 49.1 Å². The van der Waals surface area contributed by atoms with Crippen LogP contribution in [-0.2, 0) is 20.3 Å². The second kappa shape index (κ2) is 17.3. The van der Waals surface area contributed by atoms with Crippen molar-refractivity contribution in [2.75, 3.05) is 40.1 Å². The molecule has 3 atom stereocenters. The van der Waals surface area contributed by atoms with Gasteiger partial charge in [0.25, 0.3) is 0 Å². The summed E-state index contributed by atoms with van der Waals surface area (Å²) >= 11 is 0. The molecule has 0 aliphatic carbocycles. The molecule has 50 heavy (non-hydrogen) atoms. The average molecular weight is 683 g/mol. The Morgan fingerprint density at radius 1 is 0.600 bits per heavy atom. The molecule has 4 aromatic rings. The van der Waals surface area contributed by atoms with Gasteiger partial charge < -0.3 is 33.5 Å². The van der Waals surface area contributed by atoms with Gasteiger partial charge in [0.2, 0.25) is 0 Å². The summed E-state index contributed by atoms with van der Waals surface area (Å²) in [6.45, 7) is 14.5. The van der Waals surface area contributed by atoms with E-state index in [0.29, 0.717) is 32.3 Å². The average Bonchev–Trinajstić information content (AvgIpc) is 4.08. The number of benzene rings is 4. The molecule has 1 N–H and O–H groups in total. The zero-order chi connectivity index (χ0) is 35.6. The van der Waals surface area contributed by atoms with Crippen LogP contribution in [0.3, 0.4) is 0 Å². The van der Waals surface area contributed by atoms with Crippen LogP contribution in [0.25, 0.3) is 0 Å². The molecule has 268 valence electrons. The third-order valence-corrected chi connectivity index (χ3v) is 9.68. The molecule has 2 fully saturated rings. The first kappa shape index (κ1) is 37.2. The maximum absolute atomic E-state index is 9.56. The minimum Gasteiger partial charge on any atom is -0.497 e. The van der Waals surface area contributed by atoms with Gasteiger partial charge in [0.05, 0.1) is 45.7 Å². The van der Waals surface area contributed by atoms with Crippen molar-refractivity contribution < 1.29 is 33.5 Å². The molecule has 2 saturated heterocycles. The van der Waals surface area contributed by atoms with Crippen molar-refractivity contribution in [3.05, 3.63) is 119 Å². The Balaban J connectivity index is 0.000000195. The van der Waals surface area contributed by atoms with Gasteiger partial charge >= 0.3 is 0 Å². The van der Waals surface area contributed by atoms with Crippen LogP contribution in [0.2, 0.25) is 0 Å². The van der Waals surface area contributed by atoms with E-state index in [4.69, 9.17) is 28.4 Å². The number of rotatable bonds is 17. The van der Waals surface area contributed by atoms with Gasteiger partial charge in [-0.25, -0.2) is 0 Å². The molecule has 6 rings (SSSR count). The Kier molecular flexibility index (Phi) is 12.8. The van der Waals surface area contributed by atoms with Crippen molar-refractivity contribution in [2.45, 2.75) is 83.0 Å². The molecule has 4 aromatic carbocycles. The highest BCUT2D eigenvalue weighted by Crippen LogP contribution is 2.35. The molecule has 0 bridgehead atoms. The number of aliphatic hydroxyl groups is 1. The first-order chi connectivity index (χ1) is 24.1. The second-order valence-electron chi connectivity index (χ2n) is 14.1. The summed E-state index contributed by atoms with van der Waals surface area (Å²) in [7, 11) is 1.68. The molecule has 0 radical (unpaired) electrons. The van der Waals surface area contributed by atoms with E-state index in [1.807, 2.05) is 43.3 Å². The van der Waals surface area contributed by atoms with Crippen LogP contribution >= 0.6 is 0 Å². The highest BCUT2D eigenvalue weighted by Gasteiger charge is 2.26. The highest BCUT2D eigenvalue weighted by atomic mass is 16.6. The largest absolute Gasteiger partial charge is 0.497 e. The first-order valence-electron chi connectivity index (χ1n) is 17.8. The molecule has 0 saturated carbocycles. The summed E-state index contributed by atoms with van der Waals surface area (Å²) in [4.78, 5) is 0. The van der Waals surface area contributed by atoms with Gasteiger partial charge in [-0.1, -0.05) is 83.1 Å². The maximum atomic E-state index is 9.56. The van der Waals surface area contributed by atoms with E-state index in [-0.39, 0.29) is 23.0 Å². The van der Waals surface area contributed by atoms with E-state index in [1.54, 1.807) is 7.11 Å². The van der Waals surface area contributed by atoms with E-state index < -0.39 is 0 Å². The van der Waals surface area contributed by atoms with Gasteiger partial charge in [-0.05, 0) is 77.2 Å². The molecular weight excluding hydrogens is 628 g/mol. The lowest BCUT2D eigenvalue weighted by Crippen LogP contribution is -2.18. The quantitative estimate of drug-likeness (QED) is 0.112. The molecule has 7 nitrogen and oxygen atoms in total. The van der Waals surface area contributed by atoms with Gasteiger partial charge in [0.15, 0.2) is 0 Å². The van der Waals surface area contributed by atoms with Crippen LogP contribution in [0.15, 0.2) is 97.1 Å². The number of hydrogen-bond donors (Lipinski definition) is 1. The van der Waals surface area contributed by atoms with E-state index >= 15 is 0 Å². The van der Waals surface area contributed by atoms with Crippen LogP contribution < -0.4 is 18.9 Å². The standard InChI is InChI=1S/C22H26O4.C21H28O3/c1-22(2,17-5-9-19(10-6-17)24-14-21-15-26-21)16-3-7-18(8-4-16)23-12-11-20-13-25-20;1-5-18(22)14-15-24-20-12-8-17(9-13-20)21(2,3)16-6-10-19(23-4)11-7-16/h3-10,20-21H,11-15H2,1-2H3;6-13,18,22H,5,14-15H2,1-4H3. The van der Waals surface area contributed by atoms with Crippen LogP contribution in [0.1, 0.15) is 76.1 Å². The molecule has 3 unspecified atom stereocenters. The monoisotopic (exact) mass is 682 g/mol. The first-order valence-corrected chi connectivity index (χ1v) is 17.8. The smallest absolute Gasteiger partial charge is 0.119 e. The van der Waals surface area contributed by atoms with Gasteiger partial charge in [-0.15, -0.1) is 0 Å². The number of methoxy groups -OCH3 is 1. The van der Waals surface area contributed by atoms with Gasteiger partial charge in [0.1, 0.15) is 35.7 Å².